The Morgan fingerprint density at radius 1 is 1.38 bits per heavy atom. The van der Waals surface area contributed by atoms with Gasteiger partial charge in [-0.3, -0.25) is 19.9 Å². The minimum Gasteiger partial charge on any atom is -0.370 e. The molecular weight excluding hydrogens is 274 g/mol. The molecular formula is C13H13N5O3. The highest BCUT2D eigenvalue weighted by atomic mass is 16.6. The molecule has 0 saturated heterocycles. The van der Waals surface area contributed by atoms with E-state index in [1.54, 1.807) is 12.1 Å². The third kappa shape index (κ3) is 3.50. The van der Waals surface area contributed by atoms with E-state index in [1.807, 2.05) is 6.92 Å². The van der Waals surface area contributed by atoms with Crippen LogP contribution in [0, 0.1) is 10.1 Å². The predicted molar refractivity (Wildman–Crippen MR) is 77.2 cm³/mol. The lowest BCUT2D eigenvalue weighted by Gasteiger charge is -2.09. The van der Waals surface area contributed by atoms with E-state index < -0.39 is 10.8 Å². The first-order valence-electron chi connectivity index (χ1n) is 6.21. The SMILES string of the molecule is CCNc1ncc([N+](=O)[O-])cc1C(=O)Nc1ccncc1. The molecule has 21 heavy (non-hydrogen) atoms. The van der Waals surface area contributed by atoms with Crippen molar-refractivity contribution in [3.05, 3.63) is 52.5 Å². The monoisotopic (exact) mass is 287 g/mol. The van der Waals surface area contributed by atoms with E-state index in [4.69, 9.17) is 0 Å². The number of anilines is 2. The molecule has 0 bridgehead atoms. The second-order valence-corrected chi connectivity index (χ2v) is 4.07. The van der Waals surface area contributed by atoms with Crippen LogP contribution in [-0.2, 0) is 0 Å². The van der Waals surface area contributed by atoms with Gasteiger partial charge in [0.25, 0.3) is 11.6 Å². The Morgan fingerprint density at radius 2 is 2.10 bits per heavy atom. The summed E-state index contributed by atoms with van der Waals surface area (Å²) in [5.41, 5.74) is 0.420. The average Bonchev–Trinajstić information content (AvgIpc) is 2.48. The summed E-state index contributed by atoms with van der Waals surface area (Å²) in [7, 11) is 0. The van der Waals surface area contributed by atoms with E-state index in [9.17, 15) is 14.9 Å². The zero-order chi connectivity index (χ0) is 15.2. The Balaban J connectivity index is 2.33. The van der Waals surface area contributed by atoms with E-state index in [2.05, 4.69) is 20.6 Å². The minimum atomic E-state index is -0.591. The zero-order valence-electron chi connectivity index (χ0n) is 11.2. The smallest absolute Gasteiger partial charge is 0.288 e. The zero-order valence-corrected chi connectivity index (χ0v) is 11.2. The van der Waals surface area contributed by atoms with Crippen molar-refractivity contribution in [3.8, 4) is 0 Å². The lowest BCUT2D eigenvalue weighted by Crippen LogP contribution is -2.16. The summed E-state index contributed by atoms with van der Waals surface area (Å²) in [5, 5.41) is 16.4. The fraction of sp³-hybridized carbons (Fsp3) is 0.154. The average molecular weight is 287 g/mol. The Morgan fingerprint density at radius 3 is 2.71 bits per heavy atom. The van der Waals surface area contributed by atoms with Gasteiger partial charge >= 0.3 is 0 Å². The summed E-state index contributed by atoms with van der Waals surface area (Å²) in [6, 6.07) is 4.44. The number of nitro groups is 1. The van der Waals surface area contributed by atoms with Crippen LogP contribution in [0.5, 0.6) is 0 Å². The van der Waals surface area contributed by atoms with Crippen LogP contribution in [0.15, 0.2) is 36.8 Å². The first kappa shape index (κ1) is 14.4. The number of hydrogen-bond donors (Lipinski definition) is 2. The molecule has 2 N–H and O–H groups in total. The van der Waals surface area contributed by atoms with Gasteiger partial charge in [-0.15, -0.1) is 0 Å². The topological polar surface area (TPSA) is 110 Å². The molecule has 2 heterocycles. The van der Waals surface area contributed by atoms with Crippen molar-refractivity contribution in [2.24, 2.45) is 0 Å². The van der Waals surface area contributed by atoms with E-state index >= 15 is 0 Å². The molecule has 2 aromatic heterocycles. The fourth-order valence-electron chi connectivity index (χ4n) is 1.67. The van der Waals surface area contributed by atoms with Crippen LogP contribution >= 0.6 is 0 Å². The number of carbonyl (C=O) groups excluding carboxylic acids is 1. The number of pyridine rings is 2. The van der Waals surface area contributed by atoms with Crippen LogP contribution in [-0.4, -0.2) is 27.3 Å². The Hall–Kier alpha value is -3.03. The number of carbonyl (C=O) groups is 1. The molecule has 2 rings (SSSR count). The van der Waals surface area contributed by atoms with E-state index in [0.29, 0.717) is 18.1 Å². The second kappa shape index (κ2) is 6.42. The van der Waals surface area contributed by atoms with Crippen LogP contribution in [0.2, 0.25) is 0 Å². The van der Waals surface area contributed by atoms with Gasteiger partial charge in [-0.2, -0.15) is 0 Å². The first-order chi connectivity index (χ1) is 10.1. The third-order valence-corrected chi connectivity index (χ3v) is 2.61. The molecule has 0 aliphatic heterocycles. The maximum absolute atomic E-state index is 12.3. The maximum Gasteiger partial charge on any atom is 0.288 e. The first-order valence-corrected chi connectivity index (χ1v) is 6.21. The standard InChI is InChI=1S/C13H13N5O3/c1-2-15-12-11(7-10(8-16-12)18(20)21)13(19)17-9-3-5-14-6-4-9/h3-8H,2H2,1H3,(H,15,16)(H,14,17,19). The van der Waals surface area contributed by atoms with Crippen LogP contribution < -0.4 is 10.6 Å². The quantitative estimate of drug-likeness (QED) is 0.643. The molecule has 0 atom stereocenters. The van der Waals surface area contributed by atoms with Crippen molar-refractivity contribution in [3.63, 3.8) is 0 Å². The largest absolute Gasteiger partial charge is 0.370 e. The molecule has 0 aliphatic carbocycles. The van der Waals surface area contributed by atoms with E-state index in [0.717, 1.165) is 6.20 Å². The molecule has 0 radical (unpaired) electrons. The number of amides is 1. The van der Waals surface area contributed by atoms with Gasteiger partial charge in [-0.05, 0) is 19.1 Å². The molecule has 1 amide bonds. The third-order valence-electron chi connectivity index (χ3n) is 2.61. The van der Waals surface area contributed by atoms with Crippen molar-refractivity contribution >= 4 is 23.1 Å². The van der Waals surface area contributed by atoms with Crippen LogP contribution in [0.3, 0.4) is 0 Å². The van der Waals surface area contributed by atoms with Gasteiger partial charge in [0.2, 0.25) is 0 Å². The highest BCUT2D eigenvalue weighted by Gasteiger charge is 2.18. The second-order valence-electron chi connectivity index (χ2n) is 4.07. The number of nitrogens with zero attached hydrogens (tertiary/aromatic N) is 3. The molecule has 0 aromatic carbocycles. The van der Waals surface area contributed by atoms with E-state index in [-0.39, 0.29) is 11.3 Å². The van der Waals surface area contributed by atoms with Crippen molar-refractivity contribution < 1.29 is 9.72 Å². The van der Waals surface area contributed by atoms with Gasteiger partial charge < -0.3 is 10.6 Å². The van der Waals surface area contributed by atoms with Gasteiger partial charge in [-0.1, -0.05) is 0 Å². The summed E-state index contributed by atoms with van der Waals surface area (Å²) in [6.07, 6.45) is 4.18. The summed E-state index contributed by atoms with van der Waals surface area (Å²) in [5.74, 6) is -0.178. The van der Waals surface area contributed by atoms with Crippen molar-refractivity contribution in [2.45, 2.75) is 6.92 Å². The molecule has 2 aromatic rings. The molecule has 0 saturated carbocycles. The molecule has 0 spiro atoms. The lowest BCUT2D eigenvalue weighted by atomic mass is 10.2. The van der Waals surface area contributed by atoms with Crippen LogP contribution in [0.4, 0.5) is 17.2 Å². The number of rotatable bonds is 5. The summed E-state index contributed by atoms with van der Waals surface area (Å²) >= 11 is 0. The van der Waals surface area contributed by atoms with E-state index in [1.165, 1.54) is 18.5 Å². The number of aromatic nitrogens is 2. The fourth-order valence-corrected chi connectivity index (χ4v) is 1.67. The van der Waals surface area contributed by atoms with Crippen LogP contribution in [0.25, 0.3) is 0 Å². The van der Waals surface area contributed by atoms with Gasteiger partial charge in [0.1, 0.15) is 12.0 Å². The molecule has 8 nitrogen and oxygen atoms in total. The molecule has 0 fully saturated rings. The summed E-state index contributed by atoms with van der Waals surface area (Å²) < 4.78 is 0. The van der Waals surface area contributed by atoms with Gasteiger partial charge in [0.15, 0.2) is 0 Å². The van der Waals surface area contributed by atoms with Gasteiger partial charge in [0, 0.05) is 30.7 Å². The van der Waals surface area contributed by atoms with Gasteiger partial charge in [-0.25, -0.2) is 4.98 Å². The van der Waals surface area contributed by atoms with Crippen molar-refractivity contribution in [1.29, 1.82) is 0 Å². The van der Waals surface area contributed by atoms with Crippen LogP contribution in [0.1, 0.15) is 17.3 Å². The molecule has 0 unspecified atom stereocenters. The van der Waals surface area contributed by atoms with Crippen molar-refractivity contribution in [2.75, 3.05) is 17.2 Å². The summed E-state index contributed by atoms with van der Waals surface area (Å²) in [6.45, 7) is 2.38. The van der Waals surface area contributed by atoms with Crippen molar-refractivity contribution in [1.82, 2.24) is 9.97 Å². The minimum absolute atomic E-state index is 0.114. The number of hydrogen-bond acceptors (Lipinski definition) is 6. The molecule has 8 heteroatoms. The Kier molecular flexibility index (Phi) is 4.39. The maximum atomic E-state index is 12.3. The Labute approximate surface area is 120 Å². The Bertz CT molecular complexity index is 660. The molecule has 108 valence electrons. The highest BCUT2D eigenvalue weighted by Crippen LogP contribution is 2.20. The molecule has 0 aliphatic rings. The lowest BCUT2D eigenvalue weighted by molar-refractivity contribution is -0.385. The normalized spacial score (nSPS) is 9.95. The van der Waals surface area contributed by atoms with Gasteiger partial charge in [0.05, 0.1) is 10.5 Å². The predicted octanol–water partition coefficient (Wildman–Crippen LogP) is 2.07. The highest BCUT2D eigenvalue weighted by molar-refractivity contribution is 6.07. The summed E-state index contributed by atoms with van der Waals surface area (Å²) in [4.78, 5) is 30.2. The number of nitrogens with one attached hydrogen (secondary N) is 2.